The fourth-order valence-corrected chi connectivity index (χ4v) is 2.69. The largest absolute Gasteiger partial charge is 0.481 e. The highest BCUT2D eigenvalue weighted by Crippen LogP contribution is 2.26. The van der Waals surface area contributed by atoms with Crippen LogP contribution in [0.2, 0.25) is 0 Å². The standard InChI is InChI=1S/C16H16N6O3S/c1-10-19-15(22-16(20-10)26(3,23)24)14-12(5-4-8-17-14)21-11-6-7-13(25-2)18-9-11/h4-9,21H,1-3H3. The molecule has 0 aliphatic carbocycles. The first-order valence-corrected chi connectivity index (χ1v) is 9.41. The van der Waals surface area contributed by atoms with Gasteiger partial charge in [0, 0.05) is 18.5 Å². The molecule has 0 saturated heterocycles. The van der Waals surface area contributed by atoms with Gasteiger partial charge >= 0.3 is 0 Å². The lowest BCUT2D eigenvalue weighted by molar-refractivity contribution is 0.398. The van der Waals surface area contributed by atoms with Gasteiger partial charge in [-0.2, -0.15) is 4.98 Å². The lowest BCUT2D eigenvalue weighted by atomic mass is 10.2. The maximum Gasteiger partial charge on any atom is 0.250 e. The molecule has 0 unspecified atom stereocenters. The number of rotatable bonds is 5. The Labute approximate surface area is 150 Å². The minimum atomic E-state index is -3.57. The highest BCUT2D eigenvalue weighted by molar-refractivity contribution is 7.90. The van der Waals surface area contributed by atoms with E-state index >= 15 is 0 Å². The second-order valence-corrected chi connectivity index (χ2v) is 7.28. The van der Waals surface area contributed by atoms with E-state index in [-0.39, 0.29) is 16.8 Å². The molecular weight excluding hydrogens is 356 g/mol. The van der Waals surface area contributed by atoms with E-state index in [9.17, 15) is 8.42 Å². The van der Waals surface area contributed by atoms with Crippen molar-refractivity contribution in [3.05, 3.63) is 42.5 Å². The van der Waals surface area contributed by atoms with Crippen molar-refractivity contribution < 1.29 is 13.2 Å². The molecule has 3 rings (SSSR count). The van der Waals surface area contributed by atoms with Crippen molar-refractivity contribution in [1.29, 1.82) is 0 Å². The number of ether oxygens (including phenoxy) is 1. The van der Waals surface area contributed by atoms with Crippen LogP contribution >= 0.6 is 0 Å². The van der Waals surface area contributed by atoms with Crippen molar-refractivity contribution in [2.45, 2.75) is 12.1 Å². The maximum absolute atomic E-state index is 11.8. The van der Waals surface area contributed by atoms with Crippen LogP contribution in [0.25, 0.3) is 11.5 Å². The Kier molecular flexibility index (Phi) is 4.76. The van der Waals surface area contributed by atoms with Gasteiger partial charge in [-0.25, -0.2) is 23.4 Å². The first-order valence-electron chi connectivity index (χ1n) is 7.52. The van der Waals surface area contributed by atoms with Crippen LogP contribution in [-0.4, -0.2) is 46.7 Å². The topological polar surface area (TPSA) is 120 Å². The fraction of sp³-hybridized carbons (Fsp3) is 0.188. The van der Waals surface area contributed by atoms with E-state index in [4.69, 9.17) is 4.74 Å². The number of anilines is 2. The van der Waals surface area contributed by atoms with Gasteiger partial charge in [0.1, 0.15) is 11.5 Å². The van der Waals surface area contributed by atoms with E-state index in [1.807, 2.05) is 0 Å². The first kappa shape index (κ1) is 17.7. The van der Waals surface area contributed by atoms with Crippen LogP contribution in [0.4, 0.5) is 11.4 Å². The quantitative estimate of drug-likeness (QED) is 0.714. The average Bonchev–Trinajstić information content (AvgIpc) is 2.61. The molecule has 0 bridgehead atoms. The second-order valence-electron chi connectivity index (χ2n) is 5.37. The van der Waals surface area contributed by atoms with E-state index < -0.39 is 9.84 Å². The van der Waals surface area contributed by atoms with Crippen LogP contribution in [0, 0.1) is 6.92 Å². The van der Waals surface area contributed by atoms with Gasteiger partial charge in [-0.05, 0) is 25.1 Å². The van der Waals surface area contributed by atoms with Crippen LogP contribution in [0.15, 0.2) is 41.8 Å². The van der Waals surface area contributed by atoms with E-state index in [0.29, 0.717) is 22.9 Å². The Morgan fingerprint density at radius 1 is 1.08 bits per heavy atom. The second kappa shape index (κ2) is 7.00. The highest BCUT2D eigenvalue weighted by Gasteiger charge is 2.17. The molecule has 3 aromatic heterocycles. The molecule has 3 heterocycles. The van der Waals surface area contributed by atoms with Gasteiger partial charge < -0.3 is 10.1 Å². The van der Waals surface area contributed by atoms with Crippen molar-refractivity contribution in [3.8, 4) is 17.4 Å². The average molecular weight is 372 g/mol. The van der Waals surface area contributed by atoms with Crippen molar-refractivity contribution in [3.63, 3.8) is 0 Å². The van der Waals surface area contributed by atoms with Gasteiger partial charge in [0.15, 0.2) is 5.82 Å². The predicted molar refractivity (Wildman–Crippen MR) is 95.0 cm³/mol. The van der Waals surface area contributed by atoms with Gasteiger partial charge in [0.05, 0.1) is 24.7 Å². The highest BCUT2D eigenvalue weighted by atomic mass is 32.2. The van der Waals surface area contributed by atoms with E-state index in [1.54, 1.807) is 43.6 Å². The summed E-state index contributed by atoms with van der Waals surface area (Å²) in [6.07, 6.45) is 4.23. The van der Waals surface area contributed by atoms with Crippen LogP contribution in [0.5, 0.6) is 5.88 Å². The molecule has 0 radical (unpaired) electrons. The van der Waals surface area contributed by atoms with Gasteiger partial charge in [0.25, 0.3) is 5.16 Å². The molecule has 0 aliphatic heterocycles. The minimum Gasteiger partial charge on any atom is -0.481 e. The molecule has 1 N–H and O–H groups in total. The van der Waals surface area contributed by atoms with Gasteiger partial charge in [0.2, 0.25) is 15.7 Å². The number of aromatic nitrogens is 5. The van der Waals surface area contributed by atoms with E-state index in [2.05, 4.69) is 30.2 Å². The monoisotopic (exact) mass is 372 g/mol. The normalized spacial score (nSPS) is 11.2. The minimum absolute atomic E-state index is 0.169. The Hall–Kier alpha value is -3.14. The Morgan fingerprint density at radius 2 is 1.88 bits per heavy atom. The maximum atomic E-state index is 11.8. The van der Waals surface area contributed by atoms with Crippen molar-refractivity contribution in [1.82, 2.24) is 24.9 Å². The SMILES string of the molecule is COc1ccc(Nc2cccnc2-c2nc(C)nc(S(C)(=O)=O)n2)cn1. The molecule has 3 aromatic rings. The van der Waals surface area contributed by atoms with Crippen molar-refractivity contribution in [2.75, 3.05) is 18.7 Å². The van der Waals surface area contributed by atoms with E-state index in [0.717, 1.165) is 6.26 Å². The predicted octanol–water partition coefficient (Wildman–Crippen LogP) is 1.79. The zero-order valence-corrected chi connectivity index (χ0v) is 15.1. The number of pyridine rings is 2. The zero-order valence-electron chi connectivity index (χ0n) is 14.3. The number of hydrogen-bond donors (Lipinski definition) is 1. The molecule has 9 nitrogen and oxygen atoms in total. The van der Waals surface area contributed by atoms with Crippen LogP contribution < -0.4 is 10.1 Å². The number of methoxy groups -OCH3 is 1. The van der Waals surface area contributed by atoms with Gasteiger partial charge in [-0.15, -0.1) is 0 Å². The van der Waals surface area contributed by atoms with Crippen LogP contribution in [0.1, 0.15) is 5.82 Å². The lowest BCUT2D eigenvalue weighted by Gasteiger charge is -2.11. The molecule has 0 spiro atoms. The summed E-state index contributed by atoms with van der Waals surface area (Å²) >= 11 is 0. The van der Waals surface area contributed by atoms with Crippen LogP contribution in [-0.2, 0) is 9.84 Å². The molecule has 0 fully saturated rings. The lowest BCUT2D eigenvalue weighted by Crippen LogP contribution is -2.09. The smallest absolute Gasteiger partial charge is 0.250 e. The number of nitrogens with zero attached hydrogens (tertiary/aromatic N) is 5. The molecule has 0 atom stereocenters. The molecule has 0 saturated carbocycles. The van der Waals surface area contributed by atoms with Crippen molar-refractivity contribution in [2.24, 2.45) is 0 Å². The summed E-state index contributed by atoms with van der Waals surface area (Å²) in [5, 5.41) is 2.88. The molecule has 0 amide bonds. The number of hydrogen-bond acceptors (Lipinski definition) is 9. The molecule has 134 valence electrons. The molecular formula is C16H16N6O3S. The Morgan fingerprint density at radius 3 is 2.54 bits per heavy atom. The summed E-state index contributed by atoms with van der Waals surface area (Å²) < 4.78 is 28.6. The zero-order chi connectivity index (χ0) is 18.7. The molecule has 0 aliphatic rings. The summed E-state index contributed by atoms with van der Waals surface area (Å²) in [7, 11) is -2.03. The van der Waals surface area contributed by atoms with Crippen LogP contribution in [0.3, 0.4) is 0 Å². The fourth-order valence-electron chi connectivity index (χ4n) is 2.14. The summed E-state index contributed by atoms with van der Waals surface area (Å²) in [6.45, 7) is 1.60. The van der Waals surface area contributed by atoms with E-state index in [1.165, 1.54) is 7.11 Å². The third-order valence-corrected chi connectivity index (χ3v) is 4.15. The summed E-state index contributed by atoms with van der Waals surface area (Å²) in [5.41, 5.74) is 1.71. The molecule has 0 aromatic carbocycles. The summed E-state index contributed by atoms with van der Waals surface area (Å²) in [4.78, 5) is 20.6. The molecule has 26 heavy (non-hydrogen) atoms. The first-order chi connectivity index (χ1) is 12.4. The third-order valence-electron chi connectivity index (χ3n) is 3.30. The number of aryl methyl sites for hydroxylation is 1. The number of nitrogens with one attached hydrogen (secondary N) is 1. The van der Waals surface area contributed by atoms with Crippen molar-refractivity contribution >= 4 is 21.2 Å². The summed E-state index contributed by atoms with van der Waals surface area (Å²) in [6, 6.07) is 7.04. The third kappa shape index (κ3) is 3.91. The summed E-state index contributed by atoms with van der Waals surface area (Å²) in [5.74, 6) is 0.952. The Bertz CT molecular complexity index is 1040. The number of sulfone groups is 1. The Balaban J connectivity index is 2.03. The van der Waals surface area contributed by atoms with Gasteiger partial charge in [-0.1, -0.05) is 0 Å². The molecule has 10 heteroatoms. The van der Waals surface area contributed by atoms with Gasteiger partial charge in [-0.3, -0.25) is 4.98 Å².